The smallest absolute Gasteiger partial charge is 0.406 e. The second-order valence-electron chi connectivity index (χ2n) is 4.80. The zero-order chi connectivity index (χ0) is 15.5. The molecule has 0 aliphatic carbocycles. The van der Waals surface area contributed by atoms with Gasteiger partial charge >= 0.3 is 6.36 Å². The Kier molecular flexibility index (Phi) is 4.69. The SMILES string of the molecule is CN1CCN(NC(=O)c2ccc(OC(F)(F)F)cc2)CC1. The van der Waals surface area contributed by atoms with Crippen molar-refractivity contribution in [3.8, 4) is 5.75 Å². The Labute approximate surface area is 120 Å². The van der Waals surface area contributed by atoms with Crippen LogP contribution < -0.4 is 10.2 Å². The number of benzene rings is 1. The monoisotopic (exact) mass is 303 g/mol. The molecule has 1 amide bonds. The van der Waals surface area contributed by atoms with Crippen LogP contribution in [-0.2, 0) is 0 Å². The maximum atomic E-state index is 12.0. The molecule has 0 aromatic heterocycles. The second-order valence-corrected chi connectivity index (χ2v) is 4.80. The van der Waals surface area contributed by atoms with Gasteiger partial charge in [0, 0.05) is 31.7 Å². The summed E-state index contributed by atoms with van der Waals surface area (Å²) in [6.45, 7) is 3.10. The van der Waals surface area contributed by atoms with Crippen molar-refractivity contribution in [1.29, 1.82) is 0 Å². The van der Waals surface area contributed by atoms with Crippen molar-refractivity contribution in [2.24, 2.45) is 0 Å². The van der Waals surface area contributed by atoms with Gasteiger partial charge in [0.15, 0.2) is 0 Å². The van der Waals surface area contributed by atoms with Gasteiger partial charge in [0.2, 0.25) is 0 Å². The van der Waals surface area contributed by atoms with Crippen LogP contribution in [0, 0.1) is 0 Å². The minimum absolute atomic E-state index is 0.281. The molecule has 1 heterocycles. The van der Waals surface area contributed by atoms with Crippen LogP contribution in [0.4, 0.5) is 13.2 Å². The molecule has 0 saturated carbocycles. The van der Waals surface area contributed by atoms with E-state index in [0.717, 1.165) is 25.2 Å². The molecule has 8 heteroatoms. The Morgan fingerprint density at radius 1 is 1.14 bits per heavy atom. The Morgan fingerprint density at radius 2 is 1.71 bits per heavy atom. The van der Waals surface area contributed by atoms with E-state index in [-0.39, 0.29) is 17.2 Å². The number of rotatable bonds is 3. The topological polar surface area (TPSA) is 44.8 Å². The van der Waals surface area contributed by atoms with Crippen molar-refractivity contribution in [3.05, 3.63) is 29.8 Å². The number of hydrogen-bond acceptors (Lipinski definition) is 4. The fourth-order valence-corrected chi connectivity index (χ4v) is 1.93. The highest BCUT2D eigenvalue weighted by molar-refractivity contribution is 5.93. The van der Waals surface area contributed by atoms with Gasteiger partial charge in [-0.1, -0.05) is 0 Å². The summed E-state index contributed by atoms with van der Waals surface area (Å²) in [4.78, 5) is 14.1. The first-order valence-corrected chi connectivity index (χ1v) is 6.44. The van der Waals surface area contributed by atoms with Crippen molar-refractivity contribution in [1.82, 2.24) is 15.3 Å². The Balaban J connectivity index is 1.91. The number of amides is 1. The molecule has 1 aliphatic rings. The number of nitrogens with one attached hydrogen (secondary N) is 1. The minimum Gasteiger partial charge on any atom is -0.406 e. The van der Waals surface area contributed by atoms with Crippen LogP contribution >= 0.6 is 0 Å². The molecule has 0 bridgehead atoms. The van der Waals surface area contributed by atoms with Crippen LogP contribution in [0.3, 0.4) is 0 Å². The fraction of sp³-hybridized carbons (Fsp3) is 0.462. The molecule has 1 saturated heterocycles. The lowest BCUT2D eigenvalue weighted by Gasteiger charge is -2.32. The van der Waals surface area contributed by atoms with Gasteiger partial charge in [0.05, 0.1) is 0 Å². The number of nitrogens with zero attached hydrogens (tertiary/aromatic N) is 2. The molecule has 0 unspecified atom stereocenters. The lowest BCUT2D eigenvalue weighted by Crippen LogP contribution is -2.52. The quantitative estimate of drug-likeness (QED) is 0.918. The standard InChI is InChI=1S/C13H16F3N3O2/c1-18-6-8-19(9-7-18)17-12(20)10-2-4-11(5-3-10)21-13(14,15)16/h2-5H,6-9H2,1H3,(H,17,20). The highest BCUT2D eigenvalue weighted by Crippen LogP contribution is 2.22. The zero-order valence-corrected chi connectivity index (χ0v) is 11.5. The van der Waals surface area contributed by atoms with E-state index in [9.17, 15) is 18.0 Å². The lowest BCUT2D eigenvalue weighted by molar-refractivity contribution is -0.274. The normalized spacial score (nSPS) is 17.5. The first-order valence-electron chi connectivity index (χ1n) is 6.44. The summed E-state index contributed by atoms with van der Waals surface area (Å²) in [7, 11) is 2.00. The number of hydrazine groups is 1. The highest BCUT2D eigenvalue weighted by Gasteiger charge is 2.31. The van der Waals surface area contributed by atoms with E-state index >= 15 is 0 Å². The van der Waals surface area contributed by atoms with Gasteiger partial charge in [-0.05, 0) is 31.3 Å². The van der Waals surface area contributed by atoms with Crippen LogP contribution in [0.1, 0.15) is 10.4 Å². The molecule has 1 aromatic carbocycles. The van der Waals surface area contributed by atoms with Crippen molar-refractivity contribution < 1.29 is 22.7 Å². The maximum Gasteiger partial charge on any atom is 0.573 e. The Morgan fingerprint density at radius 3 is 2.24 bits per heavy atom. The molecule has 1 aliphatic heterocycles. The summed E-state index contributed by atoms with van der Waals surface area (Å²) in [6.07, 6.45) is -4.73. The van der Waals surface area contributed by atoms with Gasteiger partial charge < -0.3 is 9.64 Å². The predicted octanol–water partition coefficient (Wildman–Crippen LogP) is 1.48. The third kappa shape index (κ3) is 4.91. The Bertz CT molecular complexity index is 482. The number of carbonyl (C=O) groups excluding carboxylic acids is 1. The molecule has 2 rings (SSSR count). The summed E-state index contributed by atoms with van der Waals surface area (Å²) in [6, 6.07) is 4.83. The molecular weight excluding hydrogens is 287 g/mol. The molecule has 0 atom stereocenters. The van der Waals surface area contributed by atoms with E-state index in [0.29, 0.717) is 13.1 Å². The number of carbonyl (C=O) groups is 1. The molecule has 21 heavy (non-hydrogen) atoms. The van der Waals surface area contributed by atoms with E-state index in [4.69, 9.17) is 0 Å². The van der Waals surface area contributed by atoms with Crippen LogP contribution in [0.5, 0.6) is 5.75 Å². The van der Waals surface area contributed by atoms with Gasteiger partial charge in [0.25, 0.3) is 5.91 Å². The van der Waals surface area contributed by atoms with E-state index in [1.54, 1.807) is 5.01 Å². The molecule has 1 N–H and O–H groups in total. The minimum atomic E-state index is -4.73. The molecule has 1 fully saturated rings. The summed E-state index contributed by atoms with van der Waals surface area (Å²) in [5.74, 6) is -0.697. The number of ether oxygens (including phenoxy) is 1. The Hall–Kier alpha value is -1.80. The van der Waals surface area contributed by atoms with Crippen LogP contribution in [-0.4, -0.2) is 55.4 Å². The van der Waals surface area contributed by atoms with Gasteiger partial charge in [-0.25, -0.2) is 5.01 Å². The van der Waals surface area contributed by atoms with Crippen molar-refractivity contribution in [2.75, 3.05) is 33.2 Å². The van der Waals surface area contributed by atoms with E-state index in [2.05, 4.69) is 15.1 Å². The molecule has 5 nitrogen and oxygen atoms in total. The number of hydrogen-bond donors (Lipinski definition) is 1. The number of piperazine rings is 1. The van der Waals surface area contributed by atoms with Crippen molar-refractivity contribution >= 4 is 5.91 Å². The molecule has 1 aromatic rings. The summed E-state index contributed by atoms with van der Waals surface area (Å²) >= 11 is 0. The largest absolute Gasteiger partial charge is 0.573 e. The van der Waals surface area contributed by atoms with Crippen LogP contribution in [0.2, 0.25) is 0 Å². The lowest BCUT2D eigenvalue weighted by atomic mass is 10.2. The van der Waals surface area contributed by atoms with E-state index in [1.807, 2.05) is 7.05 Å². The summed E-state index contributed by atoms with van der Waals surface area (Å²) in [5.41, 5.74) is 3.01. The molecule has 0 radical (unpaired) electrons. The average molecular weight is 303 g/mol. The second kappa shape index (κ2) is 6.31. The molecule has 116 valence electrons. The van der Waals surface area contributed by atoms with Crippen molar-refractivity contribution in [2.45, 2.75) is 6.36 Å². The predicted molar refractivity (Wildman–Crippen MR) is 69.7 cm³/mol. The van der Waals surface area contributed by atoms with Gasteiger partial charge in [0.1, 0.15) is 5.75 Å². The number of likely N-dealkylation sites (N-methyl/N-ethyl adjacent to an activating group) is 1. The summed E-state index contributed by atoms with van der Waals surface area (Å²) < 4.78 is 39.8. The van der Waals surface area contributed by atoms with Crippen molar-refractivity contribution in [3.63, 3.8) is 0 Å². The van der Waals surface area contributed by atoms with E-state index < -0.39 is 6.36 Å². The third-order valence-electron chi connectivity index (χ3n) is 3.11. The molecular formula is C13H16F3N3O2. The van der Waals surface area contributed by atoms with Gasteiger partial charge in [-0.2, -0.15) is 0 Å². The fourth-order valence-electron chi connectivity index (χ4n) is 1.93. The highest BCUT2D eigenvalue weighted by atomic mass is 19.4. The summed E-state index contributed by atoms with van der Waals surface area (Å²) in [5, 5.41) is 1.79. The first kappa shape index (κ1) is 15.6. The van der Waals surface area contributed by atoms with Crippen LogP contribution in [0.15, 0.2) is 24.3 Å². The van der Waals surface area contributed by atoms with Gasteiger partial charge in [-0.15, -0.1) is 13.2 Å². The third-order valence-corrected chi connectivity index (χ3v) is 3.11. The number of halogens is 3. The van der Waals surface area contributed by atoms with Crippen LogP contribution in [0.25, 0.3) is 0 Å². The zero-order valence-electron chi connectivity index (χ0n) is 11.5. The average Bonchev–Trinajstić information content (AvgIpc) is 2.40. The van der Waals surface area contributed by atoms with E-state index in [1.165, 1.54) is 12.1 Å². The molecule has 0 spiro atoms. The maximum absolute atomic E-state index is 12.0. The number of alkyl halides is 3. The van der Waals surface area contributed by atoms with Gasteiger partial charge in [-0.3, -0.25) is 10.2 Å². The first-order chi connectivity index (χ1) is 9.83.